The molecule has 1 spiro atoms. The summed E-state index contributed by atoms with van der Waals surface area (Å²) in [5, 5.41) is 3.66. The minimum absolute atomic E-state index is 0.0664. The lowest BCUT2D eigenvalue weighted by atomic mass is 9.75. The lowest BCUT2D eigenvalue weighted by molar-refractivity contribution is 0.165. The lowest BCUT2D eigenvalue weighted by Crippen LogP contribution is -2.56. The van der Waals surface area contributed by atoms with E-state index in [4.69, 9.17) is 0 Å². The molecule has 0 amide bonds. The van der Waals surface area contributed by atoms with Crippen molar-refractivity contribution in [1.82, 2.24) is 10.0 Å². The molecule has 6 heteroatoms. The van der Waals surface area contributed by atoms with Gasteiger partial charge in [0.15, 0.2) is 0 Å². The number of aryl methyl sites for hydroxylation is 1. The van der Waals surface area contributed by atoms with Crippen molar-refractivity contribution in [2.24, 2.45) is 0 Å². The fourth-order valence-corrected chi connectivity index (χ4v) is 6.27. The summed E-state index contributed by atoms with van der Waals surface area (Å²) >= 11 is 1.34. The molecule has 0 bridgehead atoms. The first kappa shape index (κ1) is 15.5. The van der Waals surface area contributed by atoms with Gasteiger partial charge in [-0.15, -0.1) is 11.3 Å². The van der Waals surface area contributed by atoms with Crippen LogP contribution in [0.4, 0.5) is 0 Å². The van der Waals surface area contributed by atoms with Crippen LogP contribution in [0.5, 0.6) is 0 Å². The fraction of sp³-hybridized carbons (Fsp3) is 0.733. The number of thiophene rings is 1. The predicted octanol–water partition coefficient (Wildman–Crippen LogP) is 2.79. The van der Waals surface area contributed by atoms with Gasteiger partial charge in [0.2, 0.25) is 10.0 Å². The Bertz CT molecular complexity index is 583. The second-order valence-electron chi connectivity index (χ2n) is 6.44. The van der Waals surface area contributed by atoms with Gasteiger partial charge in [-0.2, -0.15) is 0 Å². The van der Waals surface area contributed by atoms with Gasteiger partial charge in [-0.25, -0.2) is 13.1 Å². The van der Waals surface area contributed by atoms with E-state index in [-0.39, 0.29) is 11.6 Å². The van der Waals surface area contributed by atoms with Crippen LogP contribution in [0.25, 0.3) is 0 Å². The van der Waals surface area contributed by atoms with Crippen LogP contribution >= 0.6 is 11.3 Å². The molecule has 21 heavy (non-hydrogen) atoms. The van der Waals surface area contributed by atoms with E-state index in [1.165, 1.54) is 43.4 Å². The van der Waals surface area contributed by atoms with E-state index in [0.717, 1.165) is 24.3 Å². The van der Waals surface area contributed by atoms with Crippen LogP contribution in [0, 0.1) is 6.92 Å². The number of piperidine rings is 1. The Balaban J connectivity index is 1.69. The molecule has 1 aromatic heterocycles. The molecule has 0 aromatic carbocycles. The zero-order valence-electron chi connectivity index (χ0n) is 12.5. The molecular weight excluding hydrogens is 304 g/mol. The van der Waals surface area contributed by atoms with Crippen molar-refractivity contribution in [1.29, 1.82) is 0 Å². The van der Waals surface area contributed by atoms with Crippen molar-refractivity contribution in [3.05, 3.63) is 17.0 Å². The highest BCUT2D eigenvalue weighted by Gasteiger charge is 2.38. The van der Waals surface area contributed by atoms with Gasteiger partial charge in [-0.05, 0) is 51.3 Å². The van der Waals surface area contributed by atoms with Crippen LogP contribution in [0.3, 0.4) is 0 Å². The lowest BCUT2D eigenvalue weighted by Gasteiger charge is -2.44. The number of hydrogen-bond donors (Lipinski definition) is 2. The van der Waals surface area contributed by atoms with Gasteiger partial charge >= 0.3 is 0 Å². The summed E-state index contributed by atoms with van der Waals surface area (Å²) in [4.78, 5) is 1.03. The molecule has 1 aliphatic heterocycles. The average molecular weight is 329 g/mol. The van der Waals surface area contributed by atoms with Crippen LogP contribution in [0.2, 0.25) is 0 Å². The van der Waals surface area contributed by atoms with Crippen LogP contribution in [0.15, 0.2) is 16.3 Å². The summed E-state index contributed by atoms with van der Waals surface area (Å²) in [6.45, 7) is 2.85. The normalized spacial score (nSPS) is 26.0. The molecule has 1 atom stereocenters. The summed E-state index contributed by atoms with van der Waals surface area (Å²) in [6.07, 6.45) is 8.01. The Morgan fingerprint density at radius 3 is 2.71 bits per heavy atom. The third-order valence-electron chi connectivity index (χ3n) is 4.74. The number of nitrogens with one attached hydrogen (secondary N) is 2. The molecule has 4 nitrogen and oxygen atoms in total. The summed E-state index contributed by atoms with van der Waals surface area (Å²) in [5.74, 6) is 0. The van der Waals surface area contributed by atoms with Crippen LogP contribution in [0.1, 0.15) is 49.8 Å². The minimum Gasteiger partial charge on any atom is -0.311 e. The Hall–Kier alpha value is -0.430. The summed E-state index contributed by atoms with van der Waals surface area (Å²) in [5.41, 5.74) is 0.176. The van der Waals surface area contributed by atoms with Crippen molar-refractivity contribution in [3.63, 3.8) is 0 Å². The first-order valence-electron chi connectivity index (χ1n) is 7.83. The molecule has 3 rings (SSSR count). The van der Waals surface area contributed by atoms with Gasteiger partial charge in [-0.1, -0.05) is 19.3 Å². The zero-order valence-corrected chi connectivity index (χ0v) is 14.2. The molecule has 2 fully saturated rings. The van der Waals surface area contributed by atoms with Crippen molar-refractivity contribution >= 4 is 21.4 Å². The standard InChI is InChI=1S/C15H24N2O2S2/c1-12-5-6-14(20-12)21(18,19)17-13-7-10-16-15(11-13)8-3-2-4-9-15/h5-6,13,16-17H,2-4,7-11H2,1H3. The van der Waals surface area contributed by atoms with Gasteiger partial charge in [0.25, 0.3) is 0 Å². The molecule has 2 heterocycles. The largest absolute Gasteiger partial charge is 0.311 e. The highest BCUT2D eigenvalue weighted by molar-refractivity contribution is 7.91. The minimum atomic E-state index is -3.35. The van der Waals surface area contributed by atoms with Crippen molar-refractivity contribution in [2.75, 3.05) is 6.54 Å². The highest BCUT2D eigenvalue weighted by atomic mass is 32.2. The topological polar surface area (TPSA) is 58.2 Å². The van der Waals surface area contributed by atoms with Gasteiger partial charge < -0.3 is 5.32 Å². The summed E-state index contributed by atoms with van der Waals surface area (Å²) < 4.78 is 28.3. The van der Waals surface area contributed by atoms with E-state index in [0.29, 0.717) is 4.21 Å². The summed E-state index contributed by atoms with van der Waals surface area (Å²) in [7, 11) is -3.35. The van der Waals surface area contributed by atoms with E-state index < -0.39 is 10.0 Å². The first-order valence-corrected chi connectivity index (χ1v) is 10.1. The molecule has 2 N–H and O–H groups in total. The molecule has 0 radical (unpaired) electrons. The smallest absolute Gasteiger partial charge is 0.250 e. The van der Waals surface area contributed by atoms with Crippen LogP contribution in [-0.2, 0) is 10.0 Å². The Morgan fingerprint density at radius 2 is 2.05 bits per heavy atom. The van der Waals surface area contributed by atoms with Gasteiger partial charge in [0, 0.05) is 16.5 Å². The Labute approximate surface area is 131 Å². The third-order valence-corrected chi connectivity index (χ3v) is 7.76. The SMILES string of the molecule is Cc1ccc(S(=O)(=O)NC2CCNC3(CCCCC3)C2)s1. The Morgan fingerprint density at radius 1 is 1.29 bits per heavy atom. The maximum atomic E-state index is 12.5. The molecule has 1 unspecified atom stereocenters. The second kappa shape index (κ2) is 5.99. The van der Waals surface area contributed by atoms with Crippen molar-refractivity contribution in [3.8, 4) is 0 Å². The van der Waals surface area contributed by atoms with Crippen molar-refractivity contribution < 1.29 is 8.42 Å². The predicted molar refractivity (Wildman–Crippen MR) is 86.2 cm³/mol. The van der Waals surface area contributed by atoms with Gasteiger partial charge in [0.1, 0.15) is 4.21 Å². The quantitative estimate of drug-likeness (QED) is 0.897. The fourth-order valence-electron chi connectivity index (χ4n) is 3.70. The van der Waals surface area contributed by atoms with E-state index in [1.54, 1.807) is 6.07 Å². The van der Waals surface area contributed by atoms with Gasteiger partial charge in [0.05, 0.1) is 0 Å². The maximum absolute atomic E-state index is 12.5. The number of rotatable bonds is 3. The number of sulfonamides is 1. The average Bonchev–Trinajstić information content (AvgIpc) is 2.87. The molecule has 1 aromatic rings. The second-order valence-corrected chi connectivity index (χ2v) is 9.67. The molecule has 118 valence electrons. The highest BCUT2D eigenvalue weighted by Crippen LogP contribution is 2.35. The van der Waals surface area contributed by atoms with Crippen LogP contribution < -0.4 is 10.0 Å². The monoisotopic (exact) mass is 328 g/mol. The maximum Gasteiger partial charge on any atom is 0.250 e. The summed E-state index contributed by atoms with van der Waals surface area (Å²) in [6, 6.07) is 3.64. The van der Waals surface area contributed by atoms with E-state index in [2.05, 4.69) is 10.0 Å². The molecule has 1 saturated heterocycles. The van der Waals surface area contributed by atoms with Crippen molar-refractivity contribution in [2.45, 2.75) is 67.7 Å². The molecule has 1 aliphatic carbocycles. The van der Waals surface area contributed by atoms with E-state index in [9.17, 15) is 8.42 Å². The zero-order chi connectivity index (χ0) is 14.9. The first-order chi connectivity index (χ1) is 9.99. The molecular formula is C15H24N2O2S2. The molecule has 1 saturated carbocycles. The molecule has 2 aliphatic rings. The van der Waals surface area contributed by atoms with Gasteiger partial charge in [-0.3, -0.25) is 0 Å². The van der Waals surface area contributed by atoms with Crippen LogP contribution in [-0.4, -0.2) is 26.5 Å². The Kier molecular flexibility index (Phi) is 4.41. The number of hydrogen-bond acceptors (Lipinski definition) is 4. The van der Waals surface area contributed by atoms with E-state index in [1.807, 2.05) is 13.0 Å². The van der Waals surface area contributed by atoms with E-state index >= 15 is 0 Å². The third kappa shape index (κ3) is 3.50.